The van der Waals surface area contributed by atoms with Gasteiger partial charge >= 0.3 is 0 Å². The maximum atomic E-state index is 2.38. The molecule has 0 heterocycles. The van der Waals surface area contributed by atoms with Crippen LogP contribution in [-0.2, 0) is 0 Å². The fraction of sp³-hybridized carbons (Fsp3) is 0.333. The first kappa shape index (κ1) is 11.0. The first-order valence-electron chi connectivity index (χ1n) is 6.00. The molecule has 0 bridgehead atoms. The molecule has 1 aliphatic carbocycles. The number of benzene rings is 1. The Kier molecular flexibility index (Phi) is 3.45. The molecule has 1 aliphatic rings. The highest BCUT2D eigenvalue weighted by atomic mass is 15.2. The van der Waals surface area contributed by atoms with Crippen LogP contribution in [0, 0.1) is 0 Å². The summed E-state index contributed by atoms with van der Waals surface area (Å²) < 4.78 is 0. The van der Waals surface area contributed by atoms with Gasteiger partial charge < -0.3 is 4.90 Å². The number of hydrogen-bond acceptors (Lipinski definition) is 1. The Morgan fingerprint density at radius 3 is 2.38 bits per heavy atom. The Morgan fingerprint density at radius 1 is 1.06 bits per heavy atom. The molecule has 1 aromatic rings. The maximum Gasteiger partial charge on any atom is 0.0413 e. The van der Waals surface area contributed by atoms with Crippen LogP contribution >= 0.6 is 0 Å². The van der Waals surface area contributed by atoms with Crippen molar-refractivity contribution in [2.75, 3.05) is 4.90 Å². The summed E-state index contributed by atoms with van der Waals surface area (Å²) in [6, 6.07) is 11.1. The second-order valence-electron chi connectivity index (χ2n) is 4.41. The van der Waals surface area contributed by atoms with Crippen molar-refractivity contribution in [1.29, 1.82) is 0 Å². The van der Waals surface area contributed by atoms with Crippen LogP contribution < -0.4 is 4.90 Å². The lowest BCUT2D eigenvalue weighted by atomic mass is 10.1. The van der Waals surface area contributed by atoms with E-state index < -0.39 is 0 Å². The molecule has 0 N–H and O–H groups in total. The molecular weight excluding hydrogens is 194 g/mol. The SMILES string of the molecule is CC(C)N(C1=CCCC=C1)c1ccccc1. The van der Waals surface area contributed by atoms with Crippen LogP contribution in [0.1, 0.15) is 26.7 Å². The summed E-state index contributed by atoms with van der Waals surface area (Å²) in [6.45, 7) is 4.46. The molecule has 0 atom stereocenters. The molecular formula is C15H19N. The standard InChI is InChI=1S/C15H19N/c1-13(2)16(14-9-5-3-6-10-14)15-11-7-4-8-12-15/h3,5-7,9-13H,4,8H2,1-2H3. The fourth-order valence-electron chi connectivity index (χ4n) is 2.11. The molecule has 16 heavy (non-hydrogen) atoms. The second kappa shape index (κ2) is 5.02. The van der Waals surface area contributed by atoms with Crippen LogP contribution in [0.15, 0.2) is 54.3 Å². The average Bonchev–Trinajstić information content (AvgIpc) is 2.31. The molecule has 1 heteroatoms. The first-order chi connectivity index (χ1) is 7.79. The highest BCUT2D eigenvalue weighted by molar-refractivity contribution is 5.55. The number of anilines is 1. The van der Waals surface area contributed by atoms with Crippen molar-refractivity contribution >= 4 is 5.69 Å². The molecule has 0 amide bonds. The Labute approximate surface area is 98.1 Å². The number of hydrogen-bond donors (Lipinski definition) is 0. The number of para-hydroxylation sites is 1. The fourth-order valence-corrected chi connectivity index (χ4v) is 2.11. The van der Waals surface area contributed by atoms with E-state index in [-0.39, 0.29) is 0 Å². The predicted molar refractivity (Wildman–Crippen MR) is 70.5 cm³/mol. The average molecular weight is 213 g/mol. The van der Waals surface area contributed by atoms with Gasteiger partial charge in [0.25, 0.3) is 0 Å². The zero-order valence-corrected chi connectivity index (χ0v) is 10.1. The first-order valence-corrected chi connectivity index (χ1v) is 6.00. The van der Waals surface area contributed by atoms with Gasteiger partial charge in [-0.2, -0.15) is 0 Å². The van der Waals surface area contributed by atoms with Crippen LogP contribution in [0.4, 0.5) is 5.69 Å². The summed E-state index contributed by atoms with van der Waals surface area (Å²) in [7, 11) is 0. The van der Waals surface area contributed by atoms with Gasteiger partial charge in [-0.3, -0.25) is 0 Å². The lowest BCUT2D eigenvalue weighted by Crippen LogP contribution is -2.29. The van der Waals surface area contributed by atoms with Crippen molar-refractivity contribution in [3.05, 3.63) is 54.3 Å². The van der Waals surface area contributed by atoms with Gasteiger partial charge in [-0.1, -0.05) is 30.4 Å². The summed E-state index contributed by atoms with van der Waals surface area (Å²) >= 11 is 0. The van der Waals surface area contributed by atoms with Gasteiger partial charge in [0.15, 0.2) is 0 Å². The quantitative estimate of drug-likeness (QED) is 0.729. The summed E-state index contributed by atoms with van der Waals surface area (Å²) in [5, 5.41) is 0. The number of rotatable bonds is 3. The van der Waals surface area contributed by atoms with Crippen LogP contribution in [-0.4, -0.2) is 6.04 Å². The molecule has 1 nitrogen and oxygen atoms in total. The van der Waals surface area contributed by atoms with Crippen molar-refractivity contribution in [2.24, 2.45) is 0 Å². The zero-order chi connectivity index (χ0) is 11.4. The molecule has 0 unspecified atom stereocenters. The smallest absolute Gasteiger partial charge is 0.0413 e. The van der Waals surface area contributed by atoms with Crippen molar-refractivity contribution in [1.82, 2.24) is 0 Å². The molecule has 0 saturated carbocycles. The van der Waals surface area contributed by atoms with E-state index in [1.807, 2.05) is 0 Å². The number of allylic oxidation sites excluding steroid dienone is 3. The van der Waals surface area contributed by atoms with Crippen LogP contribution in [0.2, 0.25) is 0 Å². The lowest BCUT2D eigenvalue weighted by molar-refractivity contribution is 0.756. The molecule has 0 spiro atoms. The summed E-state index contributed by atoms with van der Waals surface area (Å²) in [5.41, 5.74) is 2.60. The van der Waals surface area contributed by atoms with Gasteiger partial charge in [-0.25, -0.2) is 0 Å². The van der Waals surface area contributed by atoms with Gasteiger partial charge in [-0.15, -0.1) is 0 Å². The minimum absolute atomic E-state index is 0.483. The summed E-state index contributed by atoms with van der Waals surface area (Å²) in [5.74, 6) is 0. The Morgan fingerprint density at radius 2 is 1.81 bits per heavy atom. The Balaban J connectivity index is 2.31. The second-order valence-corrected chi connectivity index (χ2v) is 4.41. The van der Waals surface area contributed by atoms with Gasteiger partial charge in [0.2, 0.25) is 0 Å². The van der Waals surface area contributed by atoms with E-state index in [4.69, 9.17) is 0 Å². The van der Waals surface area contributed by atoms with Crippen molar-refractivity contribution < 1.29 is 0 Å². The van der Waals surface area contributed by atoms with Gasteiger partial charge in [0.1, 0.15) is 0 Å². The molecule has 0 fully saturated rings. The lowest BCUT2D eigenvalue weighted by Gasteiger charge is -2.31. The normalized spacial score (nSPS) is 15.1. The topological polar surface area (TPSA) is 3.24 Å². The van der Waals surface area contributed by atoms with Gasteiger partial charge in [-0.05, 0) is 44.9 Å². The molecule has 0 aliphatic heterocycles. The van der Waals surface area contributed by atoms with E-state index >= 15 is 0 Å². The maximum absolute atomic E-state index is 2.38. The molecule has 0 saturated heterocycles. The van der Waals surface area contributed by atoms with E-state index in [2.05, 4.69) is 67.3 Å². The van der Waals surface area contributed by atoms with Crippen molar-refractivity contribution in [2.45, 2.75) is 32.7 Å². The summed E-state index contributed by atoms with van der Waals surface area (Å²) in [4.78, 5) is 2.38. The van der Waals surface area contributed by atoms with E-state index in [0.717, 1.165) is 6.42 Å². The molecule has 0 aromatic heterocycles. The Bertz CT molecular complexity index is 387. The third-order valence-corrected chi connectivity index (χ3v) is 2.80. The minimum Gasteiger partial charge on any atom is -0.339 e. The van der Waals surface area contributed by atoms with Gasteiger partial charge in [0, 0.05) is 17.4 Å². The molecule has 2 rings (SSSR count). The van der Waals surface area contributed by atoms with E-state index in [1.54, 1.807) is 0 Å². The van der Waals surface area contributed by atoms with Crippen LogP contribution in [0.25, 0.3) is 0 Å². The molecule has 84 valence electrons. The third kappa shape index (κ3) is 2.35. The van der Waals surface area contributed by atoms with Crippen LogP contribution in [0.3, 0.4) is 0 Å². The number of nitrogens with zero attached hydrogens (tertiary/aromatic N) is 1. The minimum atomic E-state index is 0.483. The van der Waals surface area contributed by atoms with Crippen LogP contribution in [0.5, 0.6) is 0 Å². The highest BCUT2D eigenvalue weighted by Gasteiger charge is 2.14. The molecule has 0 radical (unpaired) electrons. The third-order valence-electron chi connectivity index (χ3n) is 2.80. The van der Waals surface area contributed by atoms with E-state index in [1.165, 1.54) is 17.8 Å². The predicted octanol–water partition coefficient (Wildman–Crippen LogP) is 4.14. The van der Waals surface area contributed by atoms with Gasteiger partial charge in [0.05, 0.1) is 0 Å². The Hall–Kier alpha value is -1.50. The largest absolute Gasteiger partial charge is 0.339 e. The van der Waals surface area contributed by atoms with Crippen molar-refractivity contribution in [3.8, 4) is 0 Å². The van der Waals surface area contributed by atoms with E-state index in [9.17, 15) is 0 Å². The summed E-state index contributed by atoms with van der Waals surface area (Å²) in [6.07, 6.45) is 9.14. The monoisotopic (exact) mass is 213 g/mol. The molecule has 1 aromatic carbocycles. The zero-order valence-electron chi connectivity index (χ0n) is 10.1. The van der Waals surface area contributed by atoms with Crippen molar-refractivity contribution in [3.63, 3.8) is 0 Å². The highest BCUT2D eigenvalue weighted by Crippen LogP contribution is 2.24. The van der Waals surface area contributed by atoms with E-state index in [0.29, 0.717) is 6.04 Å².